The molecule has 0 spiro atoms. The molecule has 3 nitrogen and oxygen atoms in total. The summed E-state index contributed by atoms with van der Waals surface area (Å²) in [4.78, 5) is 20.3. The molecule has 4 heteroatoms. The Balaban J connectivity index is 3.13. The van der Waals surface area contributed by atoms with Crippen molar-refractivity contribution < 1.29 is 14.7 Å². The second kappa shape index (κ2) is 9.00. The summed E-state index contributed by atoms with van der Waals surface area (Å²) in [6.07, 6.45) is 6.97. The van der Waals surface area contributed by atoms with Gasteiger partial charge in [0.2, 0.25) is 0 Å². The summed E-state index contributed by atoms with van der Waals surface area (Å²) in [6.45, 7) is 0. The van der Waals surface area contributed by atoms with Crippen molar-refractivity contribution in [1.29, 1.82) is 0 Å². The van der Waals surface area contributed by atoms with E-state index in [4.69, 9.17) is 16.7 Å². The van der Waals surface area contributed by atoms with Crippen molar-refractivity contribution in [1.82, 2.24) is 0 Å². The molecule has 0 aromatic carbocycles. The number of aldehydes is 1. The summed E-state index contributed by atoms with van der Waals surface area (Å²) in [5.41, 5.74) is 0. The fourth-order valence-electron chi connectivity index (χ4n) is 1.21. The first-order chi connectivity index (χ1) is 6.68. The fourth-order valence-corrected chi connectivity index (χ4v) is 1.36. The number of carboxylic acids is 1. The lowest BCUT2D eigenvalue weighted by Gasteiger charge is -2.03. The fraction of sp³-hybridized carbons (Fsp3) is 0.800. The van der Waals surface area contributed by atoms with Gasteiger partial charge in [-0.3, -0.25) is 4.79 Å². The number of unbranched alkanes of at least 4 members (excludes halogenated alkanes) is 5. The van der Waals surface area contributed by atoms with Crippen LogP contribution in [0.25, 0.3) is 0 Å². The van der Waals surface area contributed by atoms with Crippen LogP contribution in [0.3, 0.4) is 0 Å². The number of aliphatic carboxylic acids is 1. The van der Waals surface area contributed by atoms with Crippen LogP contribution in [-0.2, 0) is 9.59 Å². The van der Waals surface area contributed by atoms with Crippen molar-refractivity contribution >= 4 is 23.9 Å². The van der Waals surface area contributed by atoms with Gasteiger partial charge in [0.25, 0.3) is 0 Å². The molecule has 0 saturated heterocycles. The van der Waals surface area contributed by atoms with Crippen molar-refractivity contribution in [2.45, 2.75) is 50.3 Å². The molecule has 0 radical (unpaired) electrons. The van der Waals surface area contributed by atoms with Crippen molar-refractivity contribution in [2.75, 3.05) is 0 Å². The Hall–Kier alpha value is -0.570. The maximum absolute atomic E-state index is 10.3. The summed E-state index contributed by atoms with van der Waals surface area (Å²) in [7, 11) is 0. The lowest BCUT2D eigenvalue weighted by atomic mass is 10.1. The minimum Gasteiger partial charge on any atom is -0.480 e. The van der Waals surface area contributed by atoms with E-state index < -0.39 is 11.3 Å². The van der Waals surface area contributed by atoms with Gasteiger partial charge in [0.1, 0.15) is 11.7 Å². The summed E-state index contributed by atoms with van der Waals surface area (Å²) >= 11 is 5.53. The number of halogens is 1. The predicted octanol–water partition coefficient (Wildman–Crippen LogP) is 2.61. The van der Waals surface area contributed by atoms with Gasteiger partial charge in [-0.05, 0) is 12.8 Å². The van der Waals surface area contributed by atoms with Gasteiger partial charge in [0.05, 0.1) is 0 Å². The molecule has 0 heterocycles. The van der Waals surface area contributed by atoms with Crippen LogP contribution in [-0.4, -0.2) is 22.7 Å². The van der Waals surface area contributed by atoms with Crippen molar-refractivity contribution in [3.05, 3.63) is 0 Å². The molecular formula is C10H17ClO3. The molecule has 0 fully saturated rings. The van der Waals surface area contributed by atoms with Crippen LogP contribution in [0, 0.1) is 0 Å². The van der Waals surface area contributed by atoms with E-state index in [9.17, 15) is 9.59 Å². The Morgan fingerprint density at radius 2 is 1.79 bits per heavy atom. The van der Waals surface area contributed by atoms with E-state index in [0.29, 0.717) is 12.8 Å². The molecule has 82 valence electrons. The smallest absolute Gasteiger partial charge is 0.321 e. The van der Waals surface area contributed by atoms with Gasteiger partial charge in [0, 0.05) is 6.42 Å². The van der Waals surface area contributed by atoms with E-state index in [1.165, 1.54) is 0 Å². The van der Waals surface area contributed by atoms with Gasteiger partial charge in [-0.1, -0.05) is 25.7 Å². The zero-order valence-electron chi connectivity index (χ0n) is 8.25. The highest BCUT2D eigenvalue weighted by Gasteiger charge is 2.11. The SMILES string of the molecule is O=CCCCCCCCC(Cl)C(=O)O. The lowest BCUT2D eigenvalue weighted by Crippen LogP contribution is -2.12. The molecule has 1 N–H and O–H groups in total. The zero-order valence-corrected chi connectivity index (χ0v) is 9.00. The Morgan fingerprint density at radius 1 is 1.21 bits per heavy atom. The molecule has 0 saturated carbocycles. The third-order valence-electron chi connectivity index (χ3n) is 2.05. The summed E-state index contributed by atoms with van der Waals surface area (Å²) in [6, 6.07) is 0. The number of alkyl halides is 1. The average molecular weight is 221 g/mol. The summed E-state index contributed by atoms with van der Waals surface area (Å²) < 4.78 is 0. The van der Waals surface area contributed by atoms with Gasteiger partial charge >= 0.3 is 5.97 Å². The summed E-state index contributed by atoms with van der Waals surface area (Å²) in [5, 5.41) is 7.74. The van der Waals surface area contributed by atoms with E-state index in [0.717, 1.165) is 38.4 Å². The molecule has 1 unspecified atom stereocenters. The number of carbonyl (C=O) groups is 2. The second-order valence-corrected chi connectivity index (χ2v) is 3.84. The normalized spacial score (nSPS) is 12.4. The number of hydrogen-bond acceptors (Lipinski definition) is 2. The monoisotopic (exact) mass is 220 g/mol. The third-order valence-corrected chi connectivity index (χ3v) is 2.45. The van der Waals surface area contributed by atoms with Crippen LogP contribution >= 0.6 is 11.6 Å². The van der Waals surface area contributed by atoms with Gasteiger partial charge in [-0.15, -0.1) is 11.6 Å². The average Bonchev–Trinajstić information content (AvgIpc) is 2.16. The predicted molar refractivity (Wildman–Crippen MR) is 55.7 cm³/mol. The molecule has 0 aliphatic rings. The number of carboxylic acid groups (broad SMARTS) is 1. The van der Waals surface area contributed by atoms with E-state index in [1.54, 1.807) is 0 Å². The highest BCUT2D eigenvalue weighted by molar-refractivity contribution is 6.29. The first-order valence-electron chi connectivity index (χ1n) is 4.99. The topological polar surface area (TPSA) is 54.4 Å². The Labute approximate surface area is 89.4 Å². The van der Waals surface area contributed by atoms with E-state index in [2.05, 4.69) is 0 Å². The van der Waals surface area contributed by atoms with Gasteiger partial charge in [0.15, 0.2) is 0 Å². The van der Waals surface area contributed by atoms with E-state index >= 15 is 0 Å². The molecule has 1 atom stereocenters. The van der Waals surface area contributed by atoms with Crippen LogP contribution in [0.5, 0.6) is 0 Å². The Kier molecular flexibility index (Phi) is 8.64. The molecule has 0 aromatic heterocycles. The molecule has 0 aliphatic heterocycles. The standard InChI is InChI=1S/C10H17ClO3/c11-9(10(13)14)7-5-3-1-2-4-6-8-12/h8-9H,1-7H2,(H,13,14). The third kappa shape index (κ3) is 8.05. The van der Waals surface area contributed by atoms with E-state index in [-0.39, 0.29) is 0 Å². The largest absolute Gasteiger partial charge is 0.480 e. The number of hydrogen-bond donors (Lipinski definition) is 1. The molecular weight excluding hydrogens is 204 g/mol. The van der Waals surface area contributed by atoms with Crippen LogP contribution in [0.15, 0.2) is 0 Å². The Morgan fingerprint density at radius 3 is 2.36 bits per heavy atom. The van der Waals surface area contributed by atoms with Crippen LogP contribution in [0.4, 0.5) is 0 Å². The molecule has 0 bridgehead atoms. The molecule has 0 rings (SSSR count). The van der Waals surface area contributed by atoms with E-state index in [1.807, 2.05) is 0 Å². The maximum Gasteiger partial charge on any atom is 0.321 e. The molecule has 0 aliphatic carbocycles. The van der Waals surface area contributed by atoms with Crippen LogP contribution < -0.4 is 0 Å². The van der Waals surface area contributed by atoms with Gasteiger partial charge in [-0.2, -0.15) is 0 Å². The van der Waals surface area contributed by atoms with Crippen LogP contribution in [0.2, 0.25) is 0 Å². The highest BCUT2D eigenvalue weighted by atomic mass is 35.5. The maximum atomic E-state index is 10.3. The number of rotatable bonds is 9. The minimum atomic E-state index is -0.937. The summed E-state index contributed by atoms with van der Waals surface area (Å²) in [5.74, 6) is -0.937. The molecule has 0 amide bonds. The number of carbonyl (C=O) groups excluding carboxylic acids is 1. The second-order valence-electron chi connectivity index (χ2n) is 3.32. The van der Waals surface area contributed by atoms with Gasteiger partial charge in [-0.25, -0.2) is 0 Å². The Bertz CT molecular complexity index is 171. The van der Waals surface area contributed by atoms with Gasteiger partial charge < -0.3 is 9.90 Å². The molecule has 14 heavy (non-hydrogen) atoms. The highest BCUT2D eigenvalue weighted by Crippen LogP contribution is 2.11. The van der Waals surface area contributed by atoms with Crippen molar-refractivity contribution in [2.24, 2.45) is 0 Å². The van der Waals surface area contributed by atoms with Crippen LogP contribution in [0.1, 0.15) is 44.9 Å². The first-order valence-corrected chi connectivity index (χ1v) is 5.42. The lowest BCUT2D eigenvalue weighted by molar-refractivity contribution is -0.136. The quantitative estimate of drug-likeness (QED) is 0.369. The van der Waals surface area contributed by atoms with Crippen molar-refractivity contribution in [3.63, 3.8) is 0 Å². The first kappa shape index (κ1) is 13.4. The van der Waals surface area contributed by atoms with Crippen molar-refractivity contribution in [3.8, 4) is 0 Å². The zero-order chi connectivity index (χ0) is 10.8. The molecule has 0 aromatic rings. The minimum absolute atomic E-state index is 0.532.